The number of rotatable bonds is 4. The quantitative estimate of drug-likeness (QED) is 0.494. The fraction of sp³-hybridized carbons (Fsp3) is 0.300. The molecule has 0 unspecified atom stereocenters. The van der Waals surface area contributed by atoms with Gasteiger partial charge in [-0.1, -0.05) is 48.0 Å². The molecule has 136 valence electrons. The number of guanidine groups is 1. The SMILES string of the molecule is CN=C(NCCNC(=O)c1ccccc1Cl)N1CCc2ccccc2C1. The predicted octanol–water partition coefficient (Wildman–Crippen LogP) is 2.70. The van der Waals surface area contributed by atoms with Gasteiger partial charge in [-0.15, -0.1) is 0 Å². The molecule has 0 aromatic heterocycles. The normalized spacial score (nSPS) is 13.9. The Morgan fingerprint density at radius 1 is 1.08 bits per heavy atom. The lowest BCUT2D eigenvalue weighted by Crippen LogP contribution is -2.46. The first kappa shape index (κ1) is 18.3. The van der Waals surface area contributed by atoms with E-state index in [1.807, 2.05) is 0 Å². The highest BCUT2D eigenvalue weighted by Crippen LogP contribution is 2.18. The van der Waals surface area contributed by atoms with Crippen molar-refractivity contribution in [3.63, 3.8) is 0 Å². The van der Waals surface area contributed by atoms with E-state index in [1.165, 1.54) is 11.1 Å². The highest BCUT2D eigenvalue weighted by molar-refractivity contribution is 6.33. The third kappa shape index (κ3) is 4.35. The number of hydrogen-bond acceptors (Lipinski definition) is 2. The maximum Gasteiger partial charge on any atom is 0.252 e. The van der Waals surface area contributed by atoms with Gasteiger partial charge in [0.25, 0.3) is 5.91 Å². The van der Waals surface area contributed by atoms with Crippen LogP contribution in [0.4, 0.5) is 0 Å². The van der Waals surface area contributed by atoms with Crippen LogP contribution in [-0.2, 0) is 13.0 Å². The minimum Gasteiger partial charge on any atom is -0.354 e. The summed E-state index contributed by atoms with van der Waals surface area (Å²) in [5, 5.41) is 6.66. The molecule has 0 saturated carbocycles. The molecular weight excluding hydrogens is 348 g/mol. The van der Waals surface area contributed by atoms with Gasteiger partial charge in [-0.2, -0.15) is 0 Å². The number of fused-ring (bicyclic) bond motifs is 1. The molecule has 0 fully saturated rings. The van der Waals surface area contributed by atoms with E-state index in [2.05, 4.69) is 44.8 Å². The summed E-state index contributed by atoms with van der Waals surface area (Å²) in [6.07, 6.45) is 1.01. The largest absolute Gasteiger partial charge is 0.354 e. The molecule has 26 heavy (non-hydrogen) atoms. The average Bonchev–Trinajstić information content (AvgIpc) is 2.68. The van der Waals surface area contributed by atoms with Crippen molar-refractivity contribution in [2.24, 2.45) is 4.99 Å². The van der Waals surface area contributed by atoms with Gasteiger partial charge in [0.1, 0.15) is 0 Å². The second-order valence-corrected chi connectivity index (χ2v) is 6.56. The van der Waals surface area contributed by atoms with E-state index >= 15 is 0 Å². The van der Waals surface area contributed by atoms with Crippen LogP contribution >= 0.6 is 11.6 Å². The monoisotopic (exact) mass is 370 g/mol. The van der Waals surface area contributed by atoms with Crippen LogP contribution in [0.1, 0.15) is 21.5 Å². The summed E-state index contributed by atoms with van der Waals surface area (Å²) in [6, 6.07) is 15.5. The molecule has 0 bridgehead atoms. The van der Waals surface area contributed by atoms with Gasteiger partial charge in [0.2, 0.25) is 0 Å². The van der Waals surface area contributed by atoms with Gasteiger partial charge in [-0.05, 0) is 29.7 Å². The molecule has 5 nitrogen and oxygen atoms in total. The number of nitrogens with one attached hydrogen (secondary N) is 2. The van der Waals surface area contributed by atoms with E-state index in [4.69, 9.17) is 11.6 Å². The number of aliphatic imine (C=N–C) groups is 1. The maximum absolute atomic E-state index is 12.2. The van der Waals surface area contributed by atoms with Gasteiger partial charge in [0.05, 0.1) is 10.6 Å². The van der Waals surface area contributed by atoms with Crippen molar-refractivity contribution in [2.45, 2.75) is 13.0 Å². The first-order chi connectivity index (χ1) is 12.7. The average molecular weight is 371 g/mol. The van der Waals surface area contributed by atoms with Crippen LogP contribution in [0.2, 0.25) is 5.02 Å². The number of benzene rings is 2. The van der Waals surface area contributed by atoms with Crippen molar-refractivity contribution in [3.05, 3.63) is 70.2 Å². The lowest BCUT2D eigenvalue weighted by Gasteiger charge is -2.31. The van der Waals surface area contributed by atoms with Crippen molar-refractivity contribution in [1.29, 1.82) is 0 Å². The van der Waals surface area contributed by atoms with Gasteiger partial charge in [0, 0.05) is 33.2 Å². The van der Waals surface area contributed by atoms with Gasteiger partial charge in [0.15, 0.2) is 5.96 Å². The summed E-state index contributed by atoms with van der Waals surface area (Å²) in [6.45, 7) is 2.87. The van der Waals surface area contributed by atoms with E-state index in [9.17, 15) is 4.79 Å². The van der Waals surface area contributed by atoms with Gasteiger partial charge >= 0.3 is 0 Å². The van der Waals surface area contributed by atoms with E-state index < -0.39 is 0 Å². The van der Waals surface area contributed by atoms with E-state index in [-0.39, 0.29) is 5.91 Å². The number of carbonyl (C=O) groups is 1. The summed E-state index contributed by atoms with van der Waals surface area (Å²) >= 11 is 6.05. The zero-order chi connectivity index (χ0) is 18.4. The first-order valence-corrected chi connectivity index (χ1v) is 9.12. The van der Waals surface area contributed by atoms with Crippen molar-refractivity contribution in [1.82, 2.24) is 15.5 Å². The van der Waals surface area contributed by atoms with Gasteiger partial charge < -0.3 is 15.5 Å². The van der Waals surface area contributed by atoms with Crippen LogP contribution in [0, 0.1) is 0 Å². The molecule has 2 aromatic carbocycles. The van der Waals surface area contributed by atoms with E-state index in [0.717, 1.165) is 25.5 Å². The van der Waals surface area contributed by atoms with Crippen LogP contribution in [0.25, 0.3) is 0 Å². The Hall–Kier alpha value is -2.53. The molecule has 1 heterocycles. The second kappa shape index (κ2) is 8.72. The molecular formula is C20H23ClN4O. The minimum atomic E-state index is -0.167. The molecule has 2 aromatic rings. The molecule has 1 aliphatic rings. The molecule has 0 atom stereocenters. The zero-order valence-corrected chi connectivity index (χ0v) is 15.6. The lowest BCUT2D eigenvalue weighted by molar-refractivity contribution is 0.0954. The fourth-order valence-electron chi connectivity index (χ4n) is 3.10. The number of nitrogens with zero attached hydrogens (tertiary/aromatic N) is 2. The molecule has 0 aliphatic carbocycles. The van der Waals surface area contributed by atoms with E-state index in [0.29, 0.717) is 23.7 Å². The minimum absolute atomic E-state index is 0.167. The topological polar surface area (TPSA) is 56.7 Å². The van der Waals surface area contributed by atoms with Crippen LogP contribution in [0.5, 0.6) is 0 Å². The van der Waals surface area contributed by atoms with Crippen molar-refractivity contribution in [2.75, 3.05) is 26.7 Å². The Balaban J connectivity index is 1.48. The Labute approximate surface area is 159 Å². The predicted molar refractivity (Wildman–Crippen MR) is 106 cm³/mol. The molecule has 6 heteroatoms. The molecule has 0 saturated heterocycles. The second-order valence-electron chi connectivity index (χ2n) is 6.15. The smallest absolute Gasteiger partial charge is 0.252 e. The van der Waals surface area contributed by atoms with E-state index in [1.54, 1.807) is 31.3 Å². The van der Waals surface area contributed by atoms with Crippen LogP contribution in [0.3, 0.4) is 0 Å². The summed E-state index contributed by atoms with van der Waals surface area (Å²) < 4.78 is 0. The third-order valence-electron chi connectivity index (χ3n) is 4.45. The Morgan fingerprint density at radius 2 is 1.77 bits per heavy atom. The standard InChI is InChI=1S/C20H23ClN4O/c1-22-20(25-13-10-15-6-2-3-7-16(15)14-25)24-12-11-23-19(26)17-8-4-5-9-18(17)21/h2-9H,10-14H2,1H3,(H,22,24)(H,23,26). The van der Waals surface area contributed by atoms with Crippen molar-refractivity contribution in [3.8, 4) is 0 Å². The summed E-state index contributed by atoms with van der Waals surface area (Å²) in [5.74, 6) is 0.686. The maximum atomic E-state index is 12.2. The molecule has 3 rings (SSSR count). The van der Waals surface area contributed by atoms with Crippen LogP contribution in [-0.4, -0.2) is 43.4 Å². The number of hydrogen-bond donors (Lipinski definition) is 2. The third-order valence-corrected chi connectivity index (χ3v) is 4.78. The Morgan fingerprint density at radius 3 is 2.54 bits per heavy atom. The summed E-state index contributed by atoms with van der Waals surface area (Å²) in [7, 11) is 1.78. The van der Waals surface area contributed by atoms with Crippen molar-refractivity contribution >= 4 is 23.5 Å². The lowest BCUT2D eigenvalue weighted by atomic mass is 10.0. The Kier molecular flexibility index (Phi) is 6.12. The first-order valence-electron chi connectivity index (χ1n) is 8.74. The summed E-state index contributed by atoms with van der Waals surface area (Å²) in [4.78, 5) is 18.8. The molecule has 1 aliphatic heterocycles. The number of halogens is 1. The zero-order valence-electron chi connectivity index (χ0n) is 14.8. The number of amides is 1. The van der Waals surface area contributed by atoms with Gasteiger partial charge in [-0.3, -0.25) is 9.79 Å². The highest BCUT2D eigenvalue weighted by atomic mass is 35.5. The molecule has 1 amide bonds. The summed E-state index contributed by atoms with van der Waals surface area (Å²) in [5.41, 5.74) is 3.24. The Bertz CT molecular complexity index is 806. The molecule has 0 radical (unpaired) electrons. The van der Waals surface area contributed by atoms with Crippen molar-refractivity contribution < 1.29 is 4.79 Å². The van der Waals surface area contributed by atoms with Gasteiger partial charge in [-0.25, -0.2) is 0 Å². The fourth-order valence-corrected chi connectivity index (χ4v) is 3.32. The molecule has 2 N–H and O–H groups in total. The van der Waals surface area contributed by atoms with Crippen LogP contribution < -0.4 is 10.6 Å². The van der Waals surface area contributed by atoms with Crippen LogP contribution in [0.15, 0.2) is 53.5 Å². The highest BCUT2D eigenvalue weighted by Gasteiger charge is 2.18. The number of carbonyl (C=O) groups excluding carboxylic acids is 1. The molecule has 0 spiro atoms.